The lowest BCUT2D eigenvalue weighted by Crippen LogP contribution is -2.71. The van der Waals surface area contributed by atoms with E-state index in [1.807, 2.05) is 0 Å². The van der Waals surface area contributed by atoms with Gasteiger partial charge in [0.2, 0.25) is 5.91 Å². The fraction of sp³-hybridized carbons (Fsp3) is 0.684. The number of carbonyl (C=O) groups is 3. The Morgan fingerprint density at radius 1 is 1.32 bits per heavy atom. The Morgan fingerprint density at radius 2 is 1.96 bits per heavy atom. The number of nitrogens with one attached hydrogen (secondary N) is 1. The summed E-state index contributed by atoms with van der Waals surface area (Å²) in [6.07, 6.45) is 5.18. The van der Waals surface area contributed by atoms with E-state index in [4.69, 9.17) is 4.84 Å². The van der Waals surface area contributed by atoms with Gasteiger partial charge in [-0.15, -0.1) is 11.8 Å². The van der Waals surface area contributed by atoms with Gasteiger partial charge in [-0.05, 0) is 52.0 Å². The quantitative estimate of drug-likeness (QED) is 0.394. The zero-order valence-electron chi connectivity index (χ0n) is 16.4. The van der Waals surface area contributed by atoms with Crippen LogP contribution in [0.25, 0.3) is 0 Å². The van der Waals surface area contributed by atoms with Crippen molar-refractivity contribution in [2.24, 2.45) is 5.16 Å². The molecule has 0 aromatic heterocycles. The summed E-state index contributed by atoms with van der Waals surface area (Å²) in [4.78, 5) is 43.7. The number of carboxylic acid groups (broad SMARTS) is 1. The van der Waals surface area contributed by atoms with E-state index in [1.54, 1.807) is 20.8 Å². The van der Waals surface area contributed by atoms with E-state index in [-0.39, 0.29) is 11.8 Å². The molecule has 3 aliphatic rings. The largest absolute Gasteiger partial charge is 0.480 e. The van der Waals surface area contributed by atoms with Crippen molar-refractivity contribution in [1.29, 1.82) is 0 Å². The number of amides is 2. The summed E-state index contributed by atoms with van der Waals surface area (Å²) < 4.78 is -0.638. The lowest BCUT2D eigenvalue weighted by atomic mass is 9.96. The second-order valence-corrected chi connectivity index (χ2v) is 9.91. The van der Waals surface area contributed by atoms with Gasteiger partial charge in [0.05, 0.1) is 0 Å². The number of carboxylic acids is 1. The van der Waals surface area contributed by atoms with Gasteiger partial charge in [0.1, 0.15) is 23.6 Å². The minimum Gasteiger partial charge on any atom is -0.480 e. The lowest BCUT2D eigenvalue weighted by Gasteiger charge is -2.43. The summed E-state index contributed by atoms with van der Waals surface area (Å²) in [5.41, 5.74) is 0.508. The molecule has 1 saturated carbocycles. The van der Waals surface area contributed by atoms with Crippen LogP contribution in [0.3, 0.4) is 0 Å². The molecule has 0 aromatic carbocycles. The molecule has 3 fully saturated rings. The summed E-state index contributed by atoms with van der Waals surface area (Å²) in [5.74, 6) is -1.96. The Balaban J connectivity index is 1.67. The number of oxime groups is 1. The first-order valence-electron chi connectivity index (χ1n) is 9.57. The zero-order chi connectivity index (χ0) is 20.6. The SMILES string of the molecule is C=C(C)/C(=N/OC1CCCCC1)C(=O)N[C@@H]1C(=O)N2[C@@H]1SC(C)(C)[C@@H]2C(=O)O. The number of rotatable bonds is 6. The standard InChI is InChI=1S/C19H27N3O5S/c1-10(2)12(21-27-11-8-6-5-7-9-11)15(23)20-13-16(24)22-14(18(25)26)19(3,4)28-17(13)22/h11,13-14,17H,1,5-9H2,2-4H3,(H,20,23)(H,25,26)/b21-12-/t13-,14+,17-/m1/s1. The van der Waals surface area contributed by atoms with Gasteiger partial charge in [0.15, 0.2) is 5.71 Å². The monoisotopic (exact) mass is 409 g/mol. The number of thioether (sulfide) groups is 1. The van der Waals surface area contributed by atoms with E-state index in [9.17, 15) is 19.5 Å². The third-order valence-electron chi connectivity index (χ3n) is 5.43. The molecule has 2 amide bonds. The topological polar surface area (TPSA) is 108 Å². The molecule has 1 aliphatic carbocycles. The lowest BCUT2D eigenvalue weighted by molar-refractivity contribution is -0.160. The van der Waals surface area contributed by atoms with E-state index in [0.717, 1.165) is 25.7 Å². The van der Waals surface area contributed by atoms with Gasteiger partial charge < -0.3 is 20.2 Å². The Hall–Kier alpha value is -2.03. The molecular formula is C19H27N3O5S. The van der Waals surface area contributed by atoms with Crippen LogP contribution < -0.4 is 5.32 Å². The molecular weight excluding hydrogens is 382 g/mol. The molecule has 0 unspecified atom stereocenters. The van der Waals surface area contributed by atoms with Crippen LogP contribution in [0.1, 0.15) is 52.9 Å². The number of carbonyl (C=O) groups excluding carboxylic acids is 2. The maximum Gasteiger partial charge on any atom is 0.327 e. The molecule has 154 valence electrons. The highest BCUT2D eigenvalue weighted by Crippen LogP contribution is 2.50. The summed E-state index contributed by atoms with van der Waals surface area (Å²) in [6.45, 7) is 9.03. The highest BCUT2D eigenvalue weighted by Gasteiger charge is 2.64. The smallest absolute Gasteiger partial charge is 0.327 e. The Labute approximate surface area is 168 Å². The van der Waals surface area contributed by atoms with Crippen molar-refractivity contribution >= 4 is 35.3 Å². The summed E-state index contributed by atoms with van der Waals surface area (Å²) in [6, 6.07) is -1.69. The normalized spacial score (nSPS) is 29.7. The number of hydrogen-bond acceptors (Lipinski definition) is 6. The van der Waals surface area contributed by atoms with Crippen LogP contribution in [0.5, 0.6) is 0 Å². The molecule has 2 saturated heterocycles. The molecule has 2 aliphatic heterocycles. The van der Waals surface area contributed by atoms with Gasteiger partial charge in [-0.25, -0.2) is 4.79 Å². The fourth-order valence-electron chi connectivity index (χ4n) is 3.97. The first-order chi connectivity index (χ1) is 13.1. The van der Waals surface area contributed by atoms with Crippen LogP contribution in [-0.4, -0.2) is 61.8 Å². The van der Waals surface area contributed by atoms with Crippen molar-refractivity contribution < 1.29 is 24.3 Å². The third-order valence-corrected chi connectivity index (χ3v) is 7.00. The number of nitrogens with zero attached hydrogens (tertiary/aromatic N) is 2. The molecule has 0 aromatic rings. The first kappa shape index (κ1) is 20.7. The van der Waals surface area contributed by atoms with Crippen LogP contribution in [-0.2, 0) is 19.2 Å². The van der Waals surface area contributed by atoms with Gasteiger partial charge in [-0.3, -0.25) is 9.59 Å². The Bertz CT molecular complexity index is 729. The molecule has 3 atom stereocenters. The summed E-state index contributed by atoms with van der Waals surface area (Å²) in [7, 11) is 0. The molecule has 2 N–H and O–H groups in total. The van der Waals surface area contributed by atoms with Gasteiger partial charge in [0, 0.05) is 4.75 Å². The number of aliphatic carboxylic acids is 1. The van der Waals surface area contributed by atoms with E-state index in [1.165, 1.54) is 23.1 Å². The van der Waals surface area contributed by atoms with Crippen molar-refractivity contribution in [2.45, 2.75) is 81.2 Å². The minimum atomic E-state index is -1.04. The number of hydrogen-bond donors (Lipinski definition) is 2. The van der Waals surface area contributed by atoms with Gasteiger partial charge in [0.25, 0.3) is 5.91 Å². The zero-order valence-corrected chi connectivity index (χ0v) is 17.3. The molecule has 8 nitrogen and oxygen atoms in total. The summed E-state index contributed by atoms with van der Waals surface area (Å²) in [5, 5.41) is 15.8. The van der Waals surface area contributed by atoms with Crippen LogP contribution in [0, 0.1) is 0 Å². The number of β-lactam (4-membered cyclic amide) rings is 1. The molecule has 3 rings (SSSR count). The van der Waals surface area contributed by atoms with Gasteiger partial charge in [-0.1, -0.05) is 18.2 Å². The van der Waals surface area contributed by atoms with Crippen molar-refractivity contribution in [2.75, 3.05) is 0 Å². The van der Waals surface area contributed by atoms with E-state index >= 15 is 0 Å². The van der Waals surface area contributed by atoms with E-state index in [0.29, 0.717) is 5.57 Å². The van der Waals surface area contributed by atoms with Crippen LogP contribution >= 0.6 is 11.8 Å². The predicted octanol–water partition coefficient (Wildman–Crippen LogP) is 1.90. The van der Waals surface area contributed by atoms with Crippen molar-refractivity contribution in [3.8, 4) is 0 Å². The van der Waals surface area contributed by atoms with E-state index < -0.39 is 40.0 Å². The minimum absolute atomic E-state index is 0.000706. The van der Waals surface area contributed by atoms with Crippen LogP contribution in [0.2, 0.25) is 0 Å². The van der Waals surface area contributed by atoms with Gasteiger partial charge in [-0.2, -0.15) is 0 Å². The molecule has 0 bridgehead atoms. The fourth-order valence-corrected chi connectivity index (χ4v) is 5.59. The van der Waals surface area contributed by atoms with Crippen LogP contribution in [0.15, 0.2) is 17.3 Å². The average Bonchev–Trinajstić information content (AvgIpc) is 2.88. The van der Waals surface area contributed by atoms with Crippen molar-refractivity contribution in [3.63, 3.8) is 0 Å². The summed E-state index contributed by atoms with van der Waals surface area (Å²) >= 11 is 1.38. The van der Waals surface area contributed by atoms with E-state index in [2.05, 4.69) is 17.1 Å². The molecule has 0 radical (unpaired) electrons. The van der Waals surface area contributed by atoms with Crippen molar-refractivity contribution in [3.05, 3.63) is 12.2 Å². The second kappa shape index (κ2) is 7.77. The maximum atomic E-state index is 12.7. The highest BCUT2D eigenvalue weighted by atomic mass is 32.2. The Morgan fingerprint density at radius 3 is 2.54 bits per heavy atom. The van der Waals surface area contributed by atoms with Crippen LogP contribution in [0.4, 0.5) is 0 Å². The molecule has 28 heavy (non-hydrogen) atoms. The third kappa shape index (κ3) is 3.76. The average molecular weight is 410 g/mol. The van der Waals surface area contributed by atoms with Gasteiger partial charge >= 0.3 is 5.97 Å². The molecule has 2 heterocycles. The Kier molecular flexibility index (Phi) is 5.74. The van der Waals surface area contributed by atoms with Crippen molar-refractivity contribution in [1.82, 2.24) is 10.2 Å². The number of fused-ring (bicyclic) bond motifs is 1. The highest BCUT2D eigenvalue weighted by molar-refractivity contribution is 8.01. The second-order valence-electron chi connectivity index (χ2n) is 8.13. The molecule has 0 spiro atoms. The predicted molar refractivity (Wildman–Crippen MR) is 106 cm³/mol. The molecule has 9 heteroatoms. The first-order valence-corrected chi connectivity index (χ1v) is 10.4. The maximum absolute atomic E-state index is 12.7.